The third-order valence-electron chi connectivity index (χ3n) is 5.27. The van der Waals surface area contributed by atoms with Crippen LogP contribution in [0, 0.1) is 6.92 Å². The predicted molar refractivity (Wildman–Crippen MR) is 134 cm³/mol. The highest BCUT2D eigenvalue weighted by molar-refractivity contribution is 14.0. The van der Waals surface area contributed by atoms with Crippen molar-refractivity contribution in [3.8, 4) is 0 Å². The molecule has 1 saturated heterocycles. The molecule has 0 radical (unpaired) electrons. The van der Waals surface area contributed by atoms with Gasteiger partial charge in [-0.1, -0.05) is 37.1 Å². The first-order valence-corrected chi connectivity index (χ1v) is 10.8. The zero-order valence-electron chi connectivity index (χ0n) is 18.3. The molecule has 31 heavy (non-hydrogen) atoms. The molecule has 2 aromatic rings. The van der Waals surface area contributed by atoms with Gasteiger partial charge in [0.15, 0.2) is 11.8 Å². The van der Waals surface area contributed by atoms with Gasteiger partial charge in [0.05, 0.1) is 6.54 Å². The lowest BCUT2D eigenvalue weighted by atomic mass is 10.2. The Balaban J connectivity index is 0.00000341. The van der Waals surface area contributed by atoms with Crippen LogP contribution in [0.1, 0.15) is 37.0 Å². The molecule has 1 aromatic carbocycles. The van der Waals surface area contributed by atoms with Gasteiger partial charge in [0.1, 0.15) is 12.4 Å². The third-order valence-corrected chi connectivity index (χ3v) is 5.52. The number of aliphatic imine (C=N–C) groups is 1. The Hall–Kier alpha value is -1.88. The van der Waals surface area contributed by atoms with Gasteiger partial charge in [0.2, 0.25) is 5.91 Å². The highest BCUT2D eigenvalue weighted by atomic mass is 127. The van der Waals surface area contributed by atoms with E-state index < -0.39 is 0 Å². The normalized spacial score (nSPS) is 14.6. The molecule has 2 heterocycles. The van der Waals surface area contributed by atoms with E-state index in [0.717, 1.165) is 49.1 Å². The van der Waals surface area contributed by atoms with Crippen molar-refractivity contribution < 1.29 is 4.79 Å². The first-order chi connectivity index (χ1) is 14.5. The Morgan fingerprint density at radius 2 is 1.97 bits per heavy atom. The SMILES string of the molecule is CCCCNC(=NCc1nnc(C)n1C)N1CCN(Cc2ccc(Cl)cc2)C(=O)C1.I. The summed E-state index contributed by atoms with van der Waals surface area (Å²) in [4.78, 5) is 21.4. The smallest absolute Gasteiger partial charge is 0.242 e. The molecular formula is C21H31ClIN7O. The Bertz CT molecular complexity index is 884. The summed E-state index contributed by atoms with van der Waals surface area (Å²) in [6.45, 7) is 7.60. The highest BCUT2D eigenvalue weighted by Gasteiger charge is 2.26. The molecule has 170 valence electrons. The van der Waals surface area contributed by atoms with E-state index in [1.54, 1.807) is 0 Å². The summed E-state index contributed by atoms with van der Waals surface area (Å²) in [6, 6.07) is 7.64. The lowest BCUT2D eigenvalue weighted by molar-refractivity contribution is -0.135. The maximum absolute atomic E-state index is 12.8. The van der Waals surface area contributed by atoms with Crippen LogP contribution in [0.25, 0.3) is 0 Å². The number of nitrogens with zero attached hydrogens (tertiary/aromatic N) is 6. The van der Waals surface area contributed by atoms with Crippen molar-refractivity contribution in [1.82, 2.24) is 29.9 Å². The third kappa shape index (κ3) is 7.06. The van der Waals surface area contributed by atoms with Crippen LogP contribution >= 0.6 is 35.6 Å². The molecule has 1 aliphatic heterocycles. The summed E-state index contributed by atoms with van der Waals surface area (Å²) in [5.41, 5.74) is 1.08. The number of aryl methyl sites for hydroxylation is 1. The standard InChI is InChI=1S/C21H30ClN7O.HI/c1-4-5-10-23-21(24-13-19-26-25-16(2)27(19)3)29-12-11-28(20(30)15-29)14-17-6-8-18(22)9-7-17;/h6-9H,4-5,10-15H2,1-3H3,(H,23,24);1H. The van der Waals surface area contributed by atoms with Gasteiger partial charge in [0.25, 0.3) is 0 Å². The molecule has 0 saturated carbocycles. The number of aromatic nitrogens is 3. The number of benzene rings is 1. The van der Waals surface area contributed by atoms with Gasteiger partial charge in [0, 0.05) is 38.2 Å². The minimum absolute atomic E-state index is 0. The number of guanidine groups is 1. The van der Waals surface area contributed by atoms with Crippen molar-refractivity contribution >= 4 is 47.4 Å². The number of hydrogen-bond acceptors (Lipinski definition) is 4. The summed E-state index contributed by atoms with van der Waals surface area (Å²) in [7, 11) is 1.93. The molecule has 0 aliphatic carbocycles. The number of unbranched alkanes of at least 4 members (excludes halogenated alkanes) is 1. The molecule has 1 fully saturated rings. The lowest BCUT2D eigenvalue weighted by Gasteiger charge is -2.36. The van der Waals surface area contributed by atoms with Crippen LogP contribution in [0.2, 0.25) is 5.02 Å². The van der Waals surface area contributed by atoms with Crippen LogP contribution in [-0.4, -0.2) is 62.6 Å². The molecule has 0 bridgehead atoms. The van der Waals surface area contributed by atoms with Crippen molar-refractivity contribution in [2.45, 2.75) is 39.8 Å². The monoisotopic (exact) mass is 559 g/mol. The second kappa shape index (κ2) is 12.2. The molecule has 1 N–H and O–H groups in total. The van der Waals surface area contributed by atoms with Crippen LogP contribution in [0.3, 0.4) is 0 Å². The van der Waals surface area contributed by atoms with E-state index in [4.69, 9.17) is 16.6 Å². The average molecular weight is 560 g/mol. The van der Waals surface area contributed by atoms with E-state index in [-0.39, 0.29) is 29.9 Å². The van der Waals surface area contributed by atoms with Crippen molar-refractivity contribution in [3.63, 3.8) is 0 Å². The van der Waals surface area contributed by atoms with Crippen molar-refractivity contribution in [2.24, 2.45) is 12.0 Å². The number of carbonyl (C=O) groups is 1. The zero-order valence-corrected chi connectivity index (χ0v) is 21.4. The Morgan fingerprint density at radius 1 is 1.23 bits per heavy atom. The van der Waals surface area contributed by atoms with Crippen molar-refractivity contribution in [3.05, 3.63) is 46.5 Å². The first kappa shape index (κ1) is 25.4. The van der Waals surface area contributed by atoms with E-state index in [0.29, 0.717) is 31.2 Å². The maximum atomic E-state index is 12.8. The molecule has 1 aromatic heterocycles. The fourth-order valence-corrected chi connectivity index (χ4v) is 3.37. The molecule has 0 unspecified atom stereocenters. The summed E-state index contributed by atoms with van der Waals surface area (Å²) < 4.78 is 1.93. The van der Waals surface area contributed by atoms with Crippen LogP contribution in [0.5, 0.6) is 0 Å². The summed E-state index contributed by atoms with van der Waals surface area (Å²) in [6.07, 6.45) is 2.14. The van der Waals surface area contributed by atoms with Gasteiger partial charge in [-0.3, -0.25) is 4.79 Å². The quantitative estimate of drug-likeness (QED) is 0.244. The molecule has 1 amide bonds. The number of nitrogens with one attached hydrogen (secondary N) is 1. The van der Waals surface area contributed by atoms with Gasteiger partial charge in [-0.25, -0.2) is 4.99 Å². The lowest BCUT2D eigenvalue weighted by Crippen LogP contribution is -2.55. The Morgan fingerprint density at radius 3 is 2.58 bits per heavy atom. The van der Waals surface area contributed by atoms with Gasteiger partial charge in [-0.05, 0) is 31.0 Å². The molecule has 8 nitrogen and oxygen atoms in total. The number of piperazine rings is 1. The number of hydrogen-bond donors (Lipinski definition) is 1. The van der Waals surface area contributed by atoms with Crippen LogP contribution in [-0.2, 0) is 24.9 Å². The number of carbonyl (C=O) groups excluding carboxylic acids is 1. The zero-order chi connectivity index (χ0) is 21.5. The van der Waals surface area contributed by atoms with Crippen molar-refractivity contribution in [1.29, 1.82) is 0 Å². The Kier molecular flexibility index (Phi) is 10.0. The molecule has 0 spiro atoms. The van der Waals surface area contributed by atoms with Gasteiger partial charge in [-0.15, -0.1) is 34.2 Å². The van der Waals surface area contributed by atoms with E-state index >= 15 is 0 Å². The van der Waals surface area contributed by atoms with E-state index in [1.165, 1.54) is 0 Å². The molecule has 3 rings (SSSR count). The highest BCUT2D eigenvalue weighted by Crippen LogP contribution is 2.14. The van der Waals surface area contributed by atoms with E-state index in [9.17, 15) is 4.79 Å². The summed E-state index contributed by atoms with van der Waals surface area (Å²) in [5.74, 6) is 2.50. The second-order valence-corrected chi connectivity index (χ2v) is 7.94. The average Bonchev–Trinajstić information content (AvgIpc) is 3.06. The summed E-state index contributed by atoms with van der Waals surface area (Å²) >= 11 is 5.96. The molecule has 10 heteroatoms. The largest absolute Gasteiger partial charge is 0.356 e. The van der Waals surface area contributed by atoms with E-state index in [2.05, 4.69) is 22.4 Å². The number of rotatable bonds is 7. The predicted octanol–water partition coefficient (Wildman–Crippen LogP) is 2.99. The minimum atomic E-state index is 0. The van der Waals surface area contributed by atoms with Gasteiger partial charge in [-0.2, -0.15) is 0 Å². The Labute approximate surface area is 206 Å². The van der Waals surface area contributed by atoms with E-state index in [1.807, 2.05) is 52.6 Å². The summed E-state index contributed by atoms with van der Waals surface area (Å²) in [5, 5.41) is 12.4. The van der Waals surface area contributed by atoms with Gasteiger partial charge >= 0.3 is 0 Å². The fraction of sp³-hybridized carbons (Fsp3) is 0.524. The topological polar surface area (TPSA) is 78.7 Å². The fourth-order valence-electron chi connectivity index (χ4n) is 3.25. The molecule has 1 aliphatic rings. The second-order valence-electron chi connectivity index (χ2n) is 7.51. The van der Waals surface area contributed by atoms with Crippen LogP contribution in [0.15, 0.2) is 29.3 Å². The first-order valence-electron chi connectivity index (χ1n) is 10.4. The van der Waals surface area contributed by atoms with Crippen LogP contribution < -0.4 is 5.32 Å². The maximum Gasteiger partial charge on any atom is 0.242 e. The number of amides is 1. The van der Waals surface area contributed by atoms with Crippen molar-refractivity contribution in [2.75, 3.05) is 26.2 Å². The number of halogens is 2. The molecular weight excluding hydrogens is 529 g/mol. The minimum Gasteiger partial charge on any atom is -0.356 e. The van der Waals surface area contributed by atoms with Gasteiger partial charge < -0.3 is 19.7 Å². The molecule has 0 atom stereocenters. The van der Waals surface area contributed by atoms with Crippen LogP contribution in [0.4, 0.5) is 0 Å².